The van der Waals surface area contributed by atoms with E-state index in [0.29, 0.717) is 25.4 Å². The Hall–Kier alpha value is -2.24. The average molecular weight is 264 g/mol. The summed E-state index contributed by atoms with van der Waals surface area (Å²) < 4.78 is 4.99. The molecule has 0 unspecified atom stereocenters. The fourth-order valence-electron chi connectivity index (χ4n) is 1.93. The molecule has 1 heterocycles. The molecule has 6 nitrogen and oxygen atoms in total. The lowest BCUT2D eigenvalue weighted by molar-refractivity contribution is -0.135. The zero-order valence-electron chi connectivity index (χ0n) is 10.6. The van der Waals surface area contributed by atoms with Gasteiger partial charge in [0.25, 0.3) is 0 Å². The first kappa shape index (κ1) is 13.2. The molecule has 102 valence electrons. The maximum Gasteiger partial charge on any atom is 0.226 e. The predicted molar refractivity (Wildman–Crippen MR) is 67.6 cm³/mol. The van der Waals surface area contributed by atoms with E-state index in [0.717, 1.165) is 12.0 Å². The molecule has 0 atom stereocenters. The monoisotopic (exact) mass is 264 g/mol. The summed E-state index contributed by atoms with van der Waals surface area (Å²) in [5.41, 5.74) is 0.842. The Balaban J connectivity index is 1.85. The SMILES string of the molecule is COc1cc(CNC(=O)C2CN(C=O)C2)ccc1O. The summed E-state index contributed by atoms with van der Waals surface area (Å²) in [6.45, 7) is 1.33. The van der Waals surface area contributed by atoms with Crippen LogP contribution in [0.2, 0.25) is 0 Å². The van der Waals surface area contributed by atoms with E-state index in [1.165, 1.54) is 13.2 Å². The summed E-state index contributed by atoms with van der Waals surface area (Å²) >= 11 is 0. The third-order valence-electron chi connectivity index (χ3n) is 3.14. The molecule has 2 amide bonds. The molecule has 1 aromatic rings. The summed E-state index contributed by atoms with van der Waals surface area (Å²) in [4.78, 5) is 23.7. The molecule has 2 N–H and O–H groups in total. The van der Waals surface area contributed by atoms with Crippen molar-refractivity contribution in [1.82, 2.24) is 10.2 Å². The maximum absolute atomic E-state index is 11.7. The van der Waals surface area contributed by atoms with Crippen molar-refractivity contribution < 1.29 is 19.4 Å². The lowest BCUT2D eigenvalue weighted by Crippen LogP contribution is -2.52. The summed E-state index contributed by atoms with van der Waals surface area (Å²) in [7, 11) is 1.47. The third kappa shape index (κ3) is 2.96. The van der Waals surface area contributed by atoms with Gasteiger partial charge in [-0.15, -0.1) is 0 Å². The Morgan fingerprint density at radius 1 is 1.58 bits per heavy atom. The summed E-state index contributed by atoms with van der Waals surface area (Å²) in [5, 5.41) is 12.3. The predicted octanol–water partition coefficient (Wildman–Crippen LogP) is 0.105. The van der Waals surface area contributed by atoms with Gasteiger partial charge in [0.05, 0.1) is 13.0 Å². The molecule has 1 aliphatic rings. The van der Waals surface area contributed by atoms with Crippen molar-refractivity contribution in [2.24, 2.45) is 5.92 Å². The van der Waals surface area contributed by atoms with E-state index < -0.39 is 0 Å². The van der Waals surface area contributed by atoms with Crippen LogP contribution in [-0.4, -0.2) is 42.5 Å². The number of aromatic hydroxyl groups is 1. The second-order valence-electron chi connectivity index (χ2n) is 4.48. The van der Waals surface area contributed by atoms with Crippen molar-refractivity contribution in [3.8, 4) is 11.5 Å². The number of carbonyl (C=O) groups is 2. The zero-order valence-corrected chi connectivity index (χ0v) is 10.6. The number of hydrogen-bond acceptors (Lipinski definition) is 4. The highest BCUT2D eigenvalue weighted by atomic mass is 16.5. The normalized spacial score (nSPS) is 14.7. The van der Waals surface area contributed by atoms with Crippen molar-refractivity contribution in [3.63, 3.8) is 0 Å². The van der Waals surface area contributed by atoms with Gasteiger partial charge < -0.3 is 20.1 Å². The number of phenolic OH excluding ortho intramolecular Hbond substituents is 1. The van der Waals surface area contributed by atoms with Crippen LogP contribution in [0.3, 0.4) is 0 Å². The van der Waals surface area contributed by atoms with Gasteiger partial charge in [-0.05, 0) is 17.7 Å². The number of methoxy groups -OCH3 is 1. The van der Waals surface area contributed by atoms with E-state index in [4.69, 9.17) is 4.74 Å². The smallest absolute Gasteiger partial charge is 0.226 e. The van der Waals surface area contributed by atoms with Gasteiger partial charge in [-0.3, -0.25) is 9.59 Å². The molecule has 1 aromatic carbocycles. The number of nitrogens with zero attached hydrogens (tertiary/aromatic N) is 1. The quantitative estimate of drug-likeness (QED) is 0.740. The number of likely N-dealkylation sites (tertiary alicyclic amines) is 1. The van der Waals surface area contributed by atoms with Crippen molar-refractivity contribution in [1.29, 1.82) is 0 Å². The van der Waals surface area contributed by atoms with Crippen molar-refractivity contribution >= 4 is 12.3 Å². The lowest BCUT2D eigenvalue weighted by atomic mass is 10.0. The van der Waals surface area contributed by atoms with E-state index in [1.54, 1.807) is 17.0 Å². The molecule has 0 spiro atoms. The Labute approximate surface area is 111 Å². The molecule has 19 heavy (non-hydrogen) atoms. The van der Waals surface area contributed by atoms with Gasteiger partial charge >= 0.3 is 0 Å². The van der Waals surface area contributed by atoms with Gasteiger partial charge in [-0.25, -0.2) is 0 Å². The molecule has 1 aliphatic heterocycles. The van der Waals surface area contributed by atoms with E-state index in [9.17, 15) is 14.7 Å². The minimum Gasteiger partial charge on any atom is -0.504 e. The van der Waals surface area contributed by atoms with Gasteiger partial charge in [0, 0.05) is 19.6 Å². The number of ether oxygens (including phenoxy) is 1. The first-order chi connectivity index (χ1) is 9.13. The second kappa shape index (κ2) is 5.60. The van der Waals surface area contributed by atoms with Crippen molar-refractivity contribution in [2.45, 2.75) is 6.54 Å². The second-order valence-corrected chi connectivity index (χ2v) is 4.48. The number of carbonyl (C=O) groups excluding carboxylic acids is 2. The molecule has 0 bridgehead atoms. The first-order valence-corrected chi connectivity index (χ1v) is 5.97. The number of nitrogens with one attached hydrogen (secondary N) is 1. The van der Waals surface area contributed by atoms with Crippen LogP contribution in [-0.2, 0) is 16.1 Å². The molecule has 0 radical (unpaired) electrons. The van der Waals surface area contributed by atoms with E-state index >= 15 is 0 Å². The minimum absolute atomic E-state index is 0.0647. The minimum atomic E-state index is -0.121. The van der Waals surface area contributed by atoms with E-state index in [1.807, 2.05) is 0 Å². The van der Waals surface area contributed by atoms with Crippen LogP contribution in [0.5, 0.6) is 11.5 Å². The van der Waals surface area contributed by atoms with E-state index in [-0.39, 0.29) is 17.6 Å². The van der Waals surface area contributed by atoms with Crippen molar-refractivity contribution in [3.05, 3.63) is 23.8 Å². The molecule has 0 aromatic heterocycles. The Morgan fingerprint density at radius 2 is 2.32 bits per heavy atom. The highest BCUT2D eigenvalue weighted by molar-refractivity contribution is 5.81. The van der Waals surface area contributed by atoms with Gasteiger partial charge in [0.2, 0.25) is 12.3 Å². The van der Waals surface area contributed by atoms with Gasteiger partial charge in [-0.2, -0.15) is 0 Å². The fourth-order valence-corrected chi connectivity index (χ4v) is 1.93. The average Bonchev–Trinajstić information content (AvgIpc) is 2.36. The summed E-state index contributed by atoms with van der Waals surface area (Å²) in [6, 6.07) is 4.92. The van der Waals surface area contributed by atoms with Gasteiger partial charge in [-0.1, -0.05) is 6.07 Å². The highest BCUT2D eigenvalue weighted by Crippen LogP contribution is 2.26. The van der Waals surface area contributed by atoms with Crippen LogP contribution in [0.15, 0.2) is 18.2 Å². The summed E-state index contributed by atoms with van der Waals surface area (Å²) in [5.74, 6) is 0.259. The standard InChI is InChI=1S/C13H16N2O4/c1-19-12-4-9(2-3-11(12)17)5-14-13(18)10-6-15(7-10)8-16/h2-4,8,10,17H,5-7H2,1H3,(H,14,18). The lowest BCUT2D eigenvalue weighted by Gasteiger charge is -2.35. The number of amides is 2. The largest absolute Gasteiger partial charge is 0.504 e. The van der Waals surface area contributed by atoms with Crippen LogP contribution < -0.4 is 10.1 Å². The molecule has 0 aliphatic carbocycles. The molecular weight excluding hydrogens is 248 g/mol. The molecule has 2 rings (SSSR count). The molecular formula is C13H16N2O4. The zero-order chi connectivity index (χ0) is 13.8. The first-order valence-electron chi connectivity index (χ1n) is 5.97. The van der Waals surface area contributed by atoms with Crippen LogP contribution in [0.1, 0.15) is 5.56 Å². The van der Waals surface area contributed by atoms with Gasteiger partial charge in [0.15, 0.2) is 11.5 Å². The number of benzene rings is 1. The number of phenols is 1. The Kier molecular flexibility index (Phi) is 3.89. The fraction of sp³-hybridized carbons (Fsp3) is 0.385. The Bertz CT molecular complexity index is 484. The molecule has 1 saturated heterocycles. The number of rotatable bonds is 5. The van der Waals surface area contributed by atoms with Crippen molar-refractivity contribution in [2.75, 3.05) is 20.2 Å². The number of hydrogen-bond donors (Lipinski definition) is 2. The molecule has 6 heteroatoms. The van der Waals surface area contributed by atoms with Crippen LogP contribution in [0, 0.1) is 5.92 Å². The Morgan fingerprint density at radius 3 is 2.95 bits per heavy atom. The van der Waals surface area contributed by atoms with E-state index in [2.05, 4.69) is 5.32 Å². The molecule has 0 saturated carbocycles. The van der Waals surface area contributed by atoms with Crippen LogP contribution in [0.4, 0.5) is 0 Å². The third-order valence-corrected chi connectivity index (χ3v) is 3.14. The van der Waals surface area contributed by atoms with Gasteiger partial charge in [0.1, 0.15) is 0 Å². The highest BCUT2D eigenvalue weighted by Gasteiger charge is 2.31. The van der Waals surface area contributed by atoms with Crippen LogP contribution >= 0.6 is 0 Å². The van der Waals surface area contributed by atoms with Crippen LogP contribution in [0.25, 0.3) is 0 Å². The summed E-state index contributed by atoms with van der Waals surface area (Å²) in [6.07, 6.45) is 0.745. The molecule has 1 fully saturated rings. The topological polar surface area (TPSA) is 78.9 Å². The maximum atomic E-state index is 11.7.